The van der Waals surface area contributed by atoms with Crippen molar-refractivity contribution in [2.24, 2.45) is 0 Å². The maximum absolute atomic E-state index is 14.8. The van der Waals surface area contributed by atoms with Crippen LogP contribution in [0.15, 0.2) is 18.3 Å². The smallest absolute Gasteiger partial charge is 0.421 e. The summed E-state index contributed by atoms with van der Waals surface area (Å²) in [4.78, 5) is 9.50. The van der Waals surface area contributed by atoms with Crippen molar-refractivity contribution in [1.82, 2.24) is 9.97 Å². The van der Waals surface area contributed by atoms with E-state index in [1.54, 1.807) is 19.9 Å². The fourth-order valence-corrected chi connectivity index (χ4v) is 3.03. The molecule has 0 bridgehead atoms. The predicted octanol–water partition coefficient (Wildman–Crippen LogP) is 4.05. The van der Waals surface area contributed by atoms with Crippen LogP contribution in [0.4, 0.5) is 40.7 Å². The molecule has 0 radical (unpaired) electrons. The number of nitrogens with zero attached hydrogens (tertiary/aromatic N) is 3. The summed E-state index contributed by atoms with van der Waals surface area (Å²) in [7, 11) is 0. The van der Waals surface area contributed by atoms with Gasteiger partial charge in [0.2, 0.25) is 5.95 Å². The Hall–Kier alpha value is -2.82. The lowest BCUT2D eigenvalue weighted by Crippen LogP contribution is -2.36. The van der Waals surface area contributed by atoms with Crippen molar-refractivity contribution in [3.63, 3.8) is 0 Å². The summed E-state index contributed by atoms with van der Waals surface area (Å²) < 4.78 is 65.1. The van der Waals surface area contributed by atoms with E-state index in [-0.39, 0.29) is 24.0 Å². The number of hydrogen-bond donors (Lipinski definition) is 2. The lowest BCUT2D eigenvalue weighted by molar-refractivity contribution is -0.137. The lowest BCUT2D eigenvalue weighted by Gasteiger charge is -2.29. The Bertz CT molecular complexity index is 873. The van der Waals surface area contributed by atoms with Gasteiger partial charge in [-0.2, -0.15) is 18.2 Å². The van der Waals surface area contributed by atoms with E-state index in [2.05, 4.69) is 20.6 Å². The molecule has 30 heavy (non-hydrogen) atoms. The summed E-state index contributed by atoms with van der Waals surface area (Å²) in [5.74, 6) is -0.625. The minimum atomic E-state index is -4.60. The number of alkyl halides is 3. The van der Waals surface area contributed by atoms with Gasteiger partial charge in [-0.1, -0.05) is 0 Å². The Morgan fingerprint density at radius 2 is 1.93 bits per heavy atom. The first-order valence-electron chi connectivity index (χ1n) is 9.57. The van der Waals surface area contributed by atoms with Crippen LogP contribution in [0.5, 0.6) is 5.75 Å². The van der Waals surface area contributed by atoms with E-state index in [0.717, 1.165) is 0 Å². The molecule has 1 aliphatic heterocycles. The van der Waals surface area contributed by atoms with Gasteiger partial charge in [0.05, 0.1) is 31.2 Å². The molecule has 3 rings (SSSR count). The van der Waals surface area contributed by atoms with Crippen LogP contribution in [-0.2, 0) is 10.9 Å². The van der Waals surface area contributed by atoms with Gasteiger partial charge in [0, 0.05) is 38.0 Å². The standard InChI is InChI=1S/C19H23F4N5O2/c1-3-24-17-12(19(21,22)23)11-25-18(27-17)26-14-9-13(20)15(10-16(14)30-4-2)28-5-7-29-8-6-28/h9-11H,3-8H2,1-2H3,(H2,24,25,26,27). The molecule has 2 aromatic rings. The molecule has 11 heteroatoms. The van der Waals surface area contributed by atoms with Crippen LogP contribution in [0.25, 0.3) is 0 Å². The van der Waals surface area contributed by atoms with E-state index in [1.165, 1.54) is 6.07 Å². The molecular weight excluding hydrogens is 406 g/mol. The van der Waals surface area contributed by atoms with Crippen LogP contribution >= 0.6 is 0 Å². The number of hydrogen-bond acceptors (Lipinski definition) is 7. The molecular formula is C19H23F4N5O2. The molecule has 7 nitrogen and oxygen atoms in total. The first kappa shape index (κ1) is 21.9. The summed E-state index contributed by atoms with van der Waals surface area (Å²) in [5, 5.41) is 5.35. The van der Waals surface area contributed by atoms with Crippen LogP contribution < -0.4 is 20.3 Å². The maximum atomic E-state index is 14.8. The Morgan fingerprint density at radius 1 is 1.20 bits per heavy atom. The molecule has 0 atom stereocenters. The largest absolute Gasteiger partial charge is 0.492 e. The van der Waals surface area contributed by atoms with Gasteiger partial charge in [-0.15, -0.1) is 0 Å². The van der Waals surface area contributed by atoms with Gasteiger partial charge < -0.3 is 25.0 Å². The van der Waals surface area contributed by atoms with Gasteiger partial charge in [0.15, 0.2) is 0 Å². The SMILES string of the molecule is CCNc1nc(Nc2cc(F)c(N3CCOCC3)cc2OCC)ncc1C(F)(F)F. The average molecular weight is 429 g/mol. The molecule has 0 amide bonds. The summed E-state index contributed by atoms with van der Waals surface area (Å²) in [6.45, 7) is 6.08. The molecule has 1 aromatic heterocycles. The number of halogens is 4. The number of morpholine rings is 1. The number of anilines is 4. The molecule has 1 aliphatic rings. The van der Waals surface area contributed by atoms with Gasteiger partial charge in [0.25, 0.3) is 0 Å². The number of ether oxygens (including phenoxy) is 2. The first-order chi connectivity index (χ1) is 14.3. The van der Waals surface area contributed by atoms with E-state index < -0.39 is 17.6 Å². The van der Waals surface area contributed by atoms with Crippen molar-refractivity contribution in [2.45, 2.75) is 20.0 Å². The molecule has 2 heterocycles. The van der Waals surface area contributed by atoms with E-state index in [4.69, 9.17) is 9.47 Å². The molecule has 0 aliphatic carbocycles. The predicted molar refractivity (Wildman–Crippen MR) is 105 cm³/mol. The third-order valence-electron chi connectivity index (χ3n) is 4.39. The highest BCUT2D eigenvalue weighted by molar-refractivity contribution is 5.69. The van der Waals surface area contributed by atoms with Crippen LogP contribution in [0.2, 0.25) is 0 Å². The van der Waals surface area contributed by atoms with Crippen molar-refractivity contribution >= 4 is 23.1 Å². The fourth-order valence-electron chi connectivity index (χ4n) is 3.03. The van der Waals surface area contributed by atoms with Crippen molar-refractivity contribution in [3.8, 4) is 5.75 Å². The first-order valence-corrected chi connectivity index (χ1v) is 9.57. The third-order valence-corrected chi connectivity index (χ3v) is 4.39. The van der Waals surface area contributed by atoms with Crippen LogP contribution in [0.3, 0.4) is 0 Å². The van der Waals surface area contributed by atoms with Gasteiger partial charge in [-0.3, -0.25) is 0 Å². The summed E-state index contributed by atoms with van der Waals surface area (Å²) in [5.41, 5.74) is -0.392. The van der Waals surface area contributed by atoms with Crippen LogP contribution in [-0.4, -0.2) is 49.4 Å². The highest BCUT2D eigenvalue weighted by atomic mass is 19.4. The van der Waals surface area contributed by atoms with E-state index in [9.17, 15) is 17.6 Å². The zero-order valence-corrected chi connectivity index (χ0v) is 16.6. The topological polar surface area (TPSA) is 71.5 Å². The highest BCUT2D eigenvalue weighted by Gasteiger charge is 2.35. The van der Waals surface area contributed by atoms with Gasteiger partial charge in [-0.05, 0) is 13.8 Å². The van der Waals surface area contributed by atoms with Crippen LogP contribution in [0.1, 0.15) is 19.4 Å². The average Bonchev–Trinajstić information content (AvgIpc) is 2.70. The maximum Gasteiger partial charge on any atom is 0.421 e. The lowest BCUT2D eigenvalue weighted by atomic mass is 10.2. The molecule has 1 saturated heterocycles. The molecule has 164 valence electrons. The van der Waals surface area contributed by atoms with Crippen molar-refractivity contribution in [3.05, 3.63) is 29.7 Å². The minimum Gasteiger partial charge on any atom is -0.492 e. The summed E-state index contributed by atoms with van der Waals surface area (Å²) in [6.07, 6.45) is -3.91. The highest BCUT2D eigenvalue weighted by Crippen LogP contribution is 2.37. The van der Waals surface area contributed by atoms with Crippen LogP contribution in [0, 0.1) is 5.82 Å². The molecule has 1 aromatic carbocycles. The van der Waals surface area contributed by atoms with E-state index >= 15 is 0 Å². The number of aromatic nitrogens is 2. The second kappa shape index (κ2) is 9.33. The molecule has 0 unspecified atom stereocenters. The Kier molecular flexibility index (Phi) is 6.80. The number of nitrogens with one attached hydrogen (secondary N) is 2. The van der Waals surface area contributed by atoms with Crippen molar-refractivity contribution < 1.29 is 27.0 Å². The molecule has 0 spiro atoms. The Morgan fingerprint density at radius 3 is 2.57 bits per heavy atom. The van der Waals surface area contributed by atoms with Crippen molar-refractivity contribution in [2.75, 3.05) is 55.0 Å². The molecule has 0 saturated carbocycles. The monoisotopic (exact) mass is 429 g/mol. The van der Waals surface area contributed by atoms with Crippen molar-refractivity contribution in [1.29, 1.82) is 0 Å². The zero-order chi connectivity index (χ0) is 21.7. The number of benzene rings is 1. The molecule has 1 fully saturated rings. The zero-order valence-electron chi connectivity index (χ0n) is 16.6. The summed E-state index contributed by atoms with van der Waals surface area (Å²) in [6, 6.07) is 2.78. The van der Waals surface area contributed by atoms with E-state index in [0.29, 0.717) is 50.5 Å². The third kappa shape index (κ3) is 5.02. The van der Waals surface area contributed by atoms with E-state index in [1.807, 2.05) is 4.90 Å². The van der Waals surface area contributed by atoms with Gasteiger partial charge >= 0.3 is 6.18 Å². The second-order valence-corrected chi connectivity index (χ2v) is 6.44. The summed E-state index contributed by atoms with van der Waals surface area (Å²) >= 11 is 0. The van der Waals surface area contributed by atoms with Gasteiger partial charge in [0.1, 0.15) is 22.9 Å². The quantitative estimate of drug-likeness (QED) is 0.644. The Balaban J connectivity index is 1.93. The van der Waals surface area contributed by atoms with Gasteiger partial charge in [-0.25, -0.2) is 9.37 Å². The fraction of sp³-hybridized carbons (Fsp3) is 0.474. The second-order valence-electron chi connectivity index (χ2n) is 6.44. The minimum absolute atomic E-state index is 0.113. The normalized spacial score (nSPS) is 14.5. The number of rotatable bonds is 7. The molecule has 2 N–H and O–H groups in total. The Labute approximate surface area is 171 Å².